The second-order valence-corrected chi connectivity index (χ2v) is 9.01. The van der Waals surface area contributed by atoms with Gasteiger partial charge in [0.25, 0.3) is 0 Å². The summed E-state index contributed by atoms with van der Waals surface area (Å²) in [5, 5.41) is 19.3. The van der Waals surface area contributed by atoms with Crippen LogP contribution in [0.2, 0.25) is 0 Å². The van der Waals surface area contributed by atoms with Gasteiger partial charge < -0.3 is 0 Å². The summed E-state index contributed by atoms with van der Waals surface area (Å²) in [6.07, 6.45) is 0. The summed E-state index contributed by atoms with van der Waals surface area (Å²) in [6.45, 7) is 0. The van der Waals surface area contributed by atoms with E-state index in [0.29, 0.717) is 10.8 Å². The average molecular weight is 417 g/mol. The highest BCUT2D eigenvalue weighted by atomic mass is 32.2. The van der Waals surface area contributed by atoms with Gasteiger partial charge in [0.05, 0.1) is 16.3 Å². The van der Waals surface area contributed by atoms with Gasteiger partial charge in [0.15, 0.2) is 4.34 Å². The number of hydrogen-bond donors (Lipinski definition) is 1. The highest BCUT2D eigenvalue weighted by Crippen LogP contribution is 2.32. The molecular formula is C16H12N6O2S3. The number of aromatic nitrogens is 5. The largest absolute Gasteiger partial charge is 0.238 e. The van der Waals surface area contributed by atoms with E-state index in [1.807, 2.05) is 35.7 Å². The summed E-state index contributed by atoms with van der Waals surface area (Å²) in [6, 6.07) is 15.9. The van der Waals surface area contributed by atoms with E-state index in [1.54, 1.807) is 12.1 Å². The molecule has 0 aliphatic carbocycles. The molecule has 0 aliphatic rings. The van der Waals surface area contributed by atoms with Crippen molar-refractivity contribution in [1.29, 1.82) is 0 Å². The zero-order valence-corrected chi connectivity index (χ0v) is 16.1. The summed E-state index contributed by atoms with van der Waals surface area (Å²) < 4.78 is 25.1. The van der Waals surface area contributed by atoms with Gasteiger partial charge in [-0.3, -0.25) is 0 Å². The minimum atomic E-state index is -3.75. The van der Waals surface area contributed by atoms with Gasteiger partial charge in [-0.05, 0) is 46.5 Å². The lowest BCUT2D eigenvalue weighted by Gasteiger charge is -2.04. The smallest absolute Gasteiger partial charge is 0.229 e. The Kier molecular flexibility index (Phi) is 4.74. The summed E-state index contributed by atoms with van der Waals surface area (Å²) >= 11 is 2.83. The van der Waals surface area contributed by atoms with Crippen molar-refractivity contribution in [2.45, 2.75) is 14.4 Å². The Hall–Kier alpha value is -2.60. The fourth-order valence-electron chi connectivity index (χ4n) is 2.31. The maximum Gasteiger partial charge on any atom is 0.238 e. The molecule has 8 nitrogen and oxygen atoms in total. The zero-order chi connectivity index (χ0) is 18.9. The molecule has 0 atom stereocenters. The third kappa shape index (κ3) is 3.90. The minimum Gasteiger partial charge on any atom is -0.229 e. The highest BCUT2D eigenvalue weighted by molar-refractivity contribution is 8.00. The molecule has 0 aliphatic heterocycles. The Morgan fingerprint density at radius 1 is 1.04 bits per heavy atom. The van der Waals surface area contributed by atoms with Crippen molar-refractivity contribution in [3.8, 4) is 16.9 Å². The lowest BCUT2D eigenvalue weighted by molar-refractivity contribution is 0.597. The van der Waals surface area contributed by atoms with E-state index in [-0.39, 0.29) is 4.90 Å². The van der Waals surface area contributed by atoms with Crippen molar-refractivity contribution in [3.63, 3.8) is 0 Å². The van der Waals surface area contributed by atoms with Crippen molar-refractivity contribution < 1.29 is 8.42 Å². The number of thiazole rings is 1. The van der Waals surface area contributed by atoms with Crippen LogP contribution in [0.25, 0.3) is 16.9 Å². The number of nitrogens with two attached hydrogens (primary N) is 1. The number of hydrogen-bond acceptors (Lipinski definition) is 8. The van der Waals surface area contributed by atoms with Gasteiger partial charge in [-0.2, -0.15) is 4.68 Å². The van der Waals surface area contributed by atoms with Gasteiger partial charge in [0, 0.05) is 10.9 Å². The Morgan fingerprint density at radius 2 is 1.78 bits per heavy atom. The molecule has 0 saturated heterocycles. The second-order valence-electron chi connectivity index (χ2n) is 5.38. The number of benzene rings is 2. The summed E-state index contributed by atoms with van der Waals surface area (Å²) in [4.78, 5) is 4.64. The first-order valence-electron chi connectivity index (χ1n) is 7.61. The Balaban J connectivity index is 1.59. The molecule has 2 aromatic carbocycles. The van der Waals surface area contributed by atoms with E-state index in [4.69, 9.17) is 5.14 Å². The molecule has 2 N–H and O–H groups in total. The van der Waals surface area contributed by atoms with E-state index in [2.05, 4.69) is 20.5 Å². The Labute approximate surface area is 163 Å². The number of sulfonamides is 1. The van der Waals surface area contributed by atoms with Crippen LogP contribution >= 0.6 is 23.1 Å². The molecule has 4 aromatic rings. The van der Waals surface area contributed by atoms with Crippen LogP contribution in [0.1, 0.15) is 0 Å². The Morgan fingerprint density at radius 3 is 2.48 bits per heavy atom. The van der Waals surface area contributed by atoms with Gasteiger partial charge in [0.1, 0.15) is 0 Å². The zero-order valence-electron chi connectivity index (χ0n) is 13.6. The SMILES string of the molecule is NS(=O)(=O)c1ccc(-n2nnnc2Sc2nc(-c3ccccc3)cs2)cc1. The van der Waals surface area contributed by atoms with Gasteiger partial charge in [-0.1, -0.05) is 30.3 Å². The van der Waals surface area contributed by atoms with Crippen molar-refractivity contribution in [2.75, 3.05) is 0 Å². The van der Waals surface area contributed by atoms with E-state index in [0.717, 1.165) is 15.6 Å². The number of primary sulfonamides is 1. The fourth-order valence-corrected chi connectivity index (χ4v) is 4.54. The molecule has 0 radical (unpaired) electrons. The quantitative estimate of drug-likeness (QED) is 0.531. The molecule has 0 saturated carbocycles. The molecule has 11 heteroatoms. The predicted molar refractivity (Wildman–Crippen MR) is 102 cm³/mol. The van der Waals surface area contributed by atoms with Crippen LogP contribution in [0, 0.1) is 0 Å². The van der Waals surface area contributed by atoms with E-state index >= 15 is 0 Å². The van der Waals surface area contributed by atoms with Crippen LogP contribution in [-0.2, 0) is 10.0 Å². The molecule has 27 heavy (non-hydrogen) atoms. The molecule has 0 amide bonds. The molecular weight excluding hydrogens is 404 g/mol. The first-order chi connectivity index (χ1) is 13.0. The maximum absolute atomic E-state index is 11.4. The molecule has 2 heterocycles. The molecule has 0 fully saturated rings. The molecule has 136 valence electrons. The van der Waals surface area contributed by atoms with Crippen LogP contribution in [0.4, 0.5) is 0 Å². The molecule has 0 spiro atoms. The van der Waals surface area contributed by atoms with Crippen LogP contribution in [0.3, 0.4) is 0 Å². The number of tetrazole rings is 1. The summed E-state index contributed by atoms with van der Waals surface area (Å²) in [5.41, 5.74) is 2.55. The van der Waals surface area contributed by atoms with Crippen LogP contribution in [-0.4, -0.2) is 33.6 Å². The maximum atomic E-state index is 11.4. The van der Waals surface area contributed by atoms with Crippen molar-refractivity contribution in [2.24, 2.45) is 5.14 Å². The van der Waals surface area contributed by atoms with E-state index in [1.165, 1.54) is 39.9 Å². The highest BCUT2D eigenvalue weighted by Gasteiger charge is 2.14. The lowest BCUT2D eigenvalue weighted by Crippen LogP contribution is -2.12. The van der Waals surface area contributed by atoms with Gasteiger partial charge >= 0.3 is 0 Å². The first-order valence-corrected chi connectivity index (χ1v) is 10.9. The lowest BCUT2D eigenvalue weighted by atomic mass is 10.2. The topological polar surface area (TPSA) is 117 Å². The minimum absolute atomic E-state index is 0.0287. The summed E-state index contributed by atoms with van der Waals surface area (Å²) in [5.74, 6) is 0. The van der Waals surface area contributed by atoms with E-state index in [9.17, 15) is 8.42 Å². The number of nitrogens with zero attached hydrogens (tertiary/aromatic N) is 5. The molecule has 0 bridgehead atoms. The van der Waals surface area contributed by atoms with Gasteiger partial charge in [-0.25, -0.2) is 18.5 Å². The van der Waals surface area contributed by atoms with Gasteiger partial charge in [-0.15, -0.1) is 16.4 Å². The first kappa shape index (κ1) is 17.8. The predicted octanol–water partition coefficient (Wildman–Crippen LogP) is 2.58. The Bertz CT molecular complexity index is 1170. The van der Waals surface area contributed by atoms with Crippen LogP contribution in [0.15, 0.2) is 74.4 Å². The standard InChI is InChI=1S/C16H12N6O2S3/c17-27(23,24)13-8-6-12(7-9-13)22-15(19-20-21-22)26-16-18-14(10-25-16)11-4-2-1-3-5-11/h1-10H,(H2,17,23,24). The van der Waals surface area contributed by atoms with Gasteiger partial charge in [0.2, 0.25) is 15.2 Å². The van der Waals surface area contributed by atoms with E-state index < -0.39 is 10.0 Å². The van der Waals surface area contributed by atoms with Crippen molar-refractivity contribution >= 4 is 33.1 Å². The average Bonchev–Trinajstić information content (AvgIpc) is 3.32. The normalized spacial score (nSPS) is 11.6. The second kappa shape index (κ2) is 7.19. The number of rotatable bonds is 5. The van der Waals surface area contributed by atoms with Crippen molar-refractivity contribution in [1.82, 2.24) is 25.2 Å². The monoisotopic (exact) mass is 416 g/mol. The molecule has 4 rings (SSSR count). The summed E-state index contributed by atoms with van der Waals surface area (Å²) in [7, 11) is -3.75. The fraction of sp³-hybridized carbons (Fsp3) is 0. The third-order valence-corrected chi connectivity index (χ3v) is 6.39. The van der Waals surface area contributed by atoms with Crippen LogP contribution < -0.4 is 5.14 Å². The van der Waals surface area contributed by atoms with Crippen molar-refractivity contribution in [3.05, 3.63) is 60.0 Å². The molecule has 0 unspecified atom stereocenters. The molecule has 2 aromatic heterocycles. The third-order valence-electron chi connectivity index (χ3n) is 3.58. The van der Waals surface area contributed by atoms with Crippen LogP contribution in [0.5, 0.6) is 0 Å².